The Bertz CT molecular complexity index is 620. The maximum Gasteiger partial charge on any atom is 0.251 e. The molecule has 0 spiro atoms. The molecule has 3 nitrogen and oxygen atoms in total. The molecule has 2 aromatic rings. The van der Waals surface area contributed by atoms with E-state index in [-0.39, 0.29) is 11.4 Å². The summed E-state index contributed by atoms with van der Waals surface area (Å²) in [4.78, 5) is 12.3. The quantitative estimate of drug-likeness (QED) is 0.868. The third kappa shape index (κ3) is 4.62. The van der Waals surface area contributed by atoms with E-state index in [4.69, 9.17) is 4.74 Å². The summed E-state index contributed by atoms with van der Waals surface area (Å²) in [5.74, 6) is 0.628. The molecular formula is C19H23NO2. The SMILES string of the molecule is CCC(C)(C)NC(=O)c1cccc(OCc2ccccc2)c1. The Hall–Kier alpha value is -2.29. The molecule has 0 heterocycles. The van der Waals surface area contributed by atoms with Crippen molar-refractivity contribution in [2.45, 2.75) is 39.3 Å². The van der Waals surface area contributed by atoms with Crippen LogP contribution in [-0.2, 0) is 6.61 Å². The lowest BCUT2D eigenvalue weighted by atomic mass is 10.0. The molecule has 0 bridgehead atoms. The molecule has 116 valence electrons. The van der Waals surface area contributed by atoms with Crippen molar-refractivity contribution in [2.75, 3.05) is 0 Å². The Morgan fingerprint density at radius 3 is 2.50 bits per heavy atom. The molecule has 0 saturated heterocycles. The minimum absolute atomic E-state index is 0.0722. The number of carbonyl (C=O) groups excluding carboxylic acids is 1. The maximum absolute atomic E-state index is 12.3. The van der Waals surface area contributed by atoms with Crippen molar-refractivity contribution in [2.24, 2.45) is 0 Å². The van der Waals surface area contributed by atoms with Gasteiger partial charge in [-0.15, -0.1) is 0 Å². The van der Waals surface area contributed by atoms with E-state index in [9.17, 15) is 4.79 Å². The van der Waals surface area contributed by atoms with E-state index in [0.717, 1.165) is 12.0 Å². The van der Waals surface area contributed by atoms with Gasteiger partial charge in [0.1, 0.15) is 12.4 Å². The van der Waals surface area contributed by atoms with Crippen molar-refractivity contribution in [3.63, 3.8) is 0 Å². The third-order valence-corrected chi connectivity index (χ3v) is 3.68. The molecule has 0 fully saturated rings. The molecule has 0 aromatic heterocycles. The molecule has 0 aliphatic rings. The van der Waals surface area contributed by atoms with E-state index < -0.39 is 0 Å². The normalized spacial score (nSPS) is 11.0. The Morgan fingerprint density at radius 1 is 1.09 bits per heavy atom. The van der Waals surface area contributed by atoms with Crippen LogP contribution in [0, 0.1) is 0 Å². The second-order valence-electron chi connectivity index (χ2n) is 5.99. The molecule has 2 rings (SSSR count). The lowest BCUT2D eigenvalue weighted by molar-refractivity contribution is 0.0910. The molecule has 0 aliphatic heterocycles. The molecule has 0 radical (unpaired) electrons. The number of hydrogen-bond donors (Lipinski definition) is 1. The molecule has 3 heteroatoms. The smallest absolute Gasteiger partial charge is 0.251 e. The van der Waals surface area contributed by atoms with Gasteiger partial charge in [-0.05, 0) is 44.0 Å². The zero-order valence-corrected chi connectivity index (χ0v) is 13.4. The van der Waals surface area contributed by atoms with Gasteiger partial charge in [0.25, 0.3) is 5.91 Å². The van der Waals surface area contributed by atoms with Crippen molar-refractivity contribution in [3.05, 3.63) is 65.7 Å². The highest BCUT2D eigenvalue weighted by Crippen LogP contribution is 2.16. The van der Waals surface area contributed by atoms with E-state index in [1.54, 1.807) is 12.1 Å². The average Bonchev–Trinajstić information content (AvgIpc) is 2.54. The molecule has 0 saturated carbocycles. The van der Waals surface area contributed by atoms with Gasteiger partial charge in [-0.3, -0.25) is 4.79 Å². The minimum Gasteiger partial charge on any atom is -0.489 e. The zero-order valence-electron chi connectivity index (χ0n) is 13.4. The highest BCUT2D eigenvalue weighted by Gasteiger charge is 2.18. The highest BCUT2D eigenvalue weighted by atomic mass is 16.5. The predicted octanol–water partition coefficient (Wildman–Crippen LogP) is 4.18. The van der Waals surface area contributed by atoms with Crippen molar-refractivity contribution >= 4 is 5.91 Å². The van der Waals surface area contributed by atoms with Gasteiger partial charge in [-0.2, -0.15) is 0 Å². The first-order chi connectivity index (χ1) is 10.5. The summed E-state index contributed by atoms with van der Waals surface area (Å²) in [6.07, 6.45) is 0.878. The minimum atomic E-state index is -0.210. The van der Waals surface area contributed by atoms with Crippen molar-refractivity contribution in [1.82, 2.24) is 5.32 Å². The van der Waals surface area contributed by atoms with Crippen LogP contribution in [0.2, 0.25) is 0 Å². The Kier molecular flexibility index (Phi) is 5.21. The summed E-state index contributed by atoms with van der Waals surface area (Å²) in [7, 11) is 0. The Balaban J connectivity index is 2.02. The van der Waals surface area contributed by atoms with Gasteiger partial charge in [0, 0.05) is 11.1 Å². The first kappa shape index (κ1) is 16.1. The number of carbonyl (C=O) groups is 1. The second kappa shape index (κ2) is 7.12. The number of ether oxygens (including phenoxy) is 1. The fourth-order valence-electron chi connectivity index (χ4n) is 1.94. The molecule has 22 heavy (non-hydrogen) atoms. The highest BCUT2D eigenvalue weighted by molar-refractivity contribution is 5.95. The van der Waals surface area contributed by atoms with Crippen molar-refractivity contribution in [1.29, 1.82) is 0 Å². The van der Waals surface area contributed by atoms with Gasteiger partial charge in [0.2, 0.25) is 0 Å². The fraction of sp³-hybridized carbons (Fsp3) is 0.316. The van der Waals surface area contributed by atoms with Crippen LogP contribution in [0.15, 0.2) is 54.6 Å². The van der Waals surface area contributed by atoms with E-state index in [1.165, 1.54) is 0 Å². The van der Waals surface area contributed by atoms with Crippen LogP contribution in [0.3, 0.4) is 0 Å². The summed E-state index contributed by atoms with van der Waals surface area (Å²) in [6.45, 7) is 6.58. The van der Waals surface area contributed by atoms with E-state index >= 15 is 0 Å². The Labute approximate surface area is 132 Å². The van der Waals surface area contributed by atoms with Crippen LogP contribution in [0.1, 0.15) is 43.1 Å². The van der Waals surface area contributed by atoms with Gasteiger partial charge in [0.05, 0.1) is 0 Å². The first-order valence-electron chi connectivity index (χ1n) is 7.59. The predicted molar refractivity (Wildman–Crippen MR) is 89.1 cm³/mol. The summed E-state index contributed by atoms with van der Waals surface area (Å²) in [5, 5.41) is 3.03. The van der Waals surface area contributed by atoms with Gasteiger partial charge in [-0.1, -0.05) is 43.3 Å². The maximum atomic E-state index is 12.3. The van der Waals surface area contributed by atoms with Crippen LogP contribution >= 0.6 is 0 Å². The van der Waals surface area contributed by atoms with Crippen LogP contribution in [-0.4, -0.2) is 11.4 Å². The molecule has 0 aliphatic carbocycles. The van der Waals surface area contributed by atoms with Crippen LogP contribution in [0.4, 0.5) is 0 Å². The largest absolute Gasteiger partial charge is 0.489 e. The molecular weight excluding hydrogens is 274 g/mol. The third-order valence-electron chi connectivity index (χ3n) is 3.68. The van der Waals surface area contributed by atoms with E-state index in [2.05, 4.69) is 12.2 Å². The second-order valence-corrected chi connectivity index (χ2v) is 5.99. The lowest BCUT2D eigenvalue weighted by Crippen LogP contribution is -2.42. The average molecular weight is 297 g/mol. The topological polar surface area (TPSA) is 38.3 Å². The lowest BCUT2D eigenvalue weighted by Gasteiger charge is -2.24. The molecule has 2 aromatic carbocycles. The monoisotopic (exact) mass is 297 g/mol. The standard InChI is InChI=1S/C19H23NO2/c1-4-19(2,3)20-18(21)16-11-8-12-17(13-16)22-14-15-9-6-5-7-10-15/h5-13H,4,14H2,1-3H3,(H,20,21). The van der Waals surface area contributed by atoms with Crippen LogP contribution in [0.25, 0.3) is 0 Å². The molecule has 0 unspecified atom stereocenters. The Morgan fingerprint density at radius 2 is 1.82 bits per heavy atom. The molecule has 1 amide bonds. The number of amides is 1. The summed E-state index contributed by atoms with van der Waals surface area (Å²) in [6, 6.07) is 17.3. The van der Waals surface area contributed by atoms with Crippen LogP contribution < -0.4 is 10.1 Å². The first-order valence-corrected chi connectivity index (χ1v) is 7.59. The molecule has 0 atom stereocenters. The van der Waals surface area contributed by atoms with Crippen LogP contribution in [0.5, 0.6) is 5.75 Å². The van der Waals surface area contributed by atoms with Crippen molar-refractivity contribution in [3.8, 4) is 5.75 Å². The van der Waals surface area contributed by atoms with Gasteiger partial charge >= 0.3 is 0 Å². The van der Waals surface area contributed by atoms with Crippen molar-refractivity contribution < 1.29 is 9.53 Å². The van der Waals surface area contributed by atoms with Gasteiger partial charge < -0.3 is 10.1 Å². The fourth-order valence-corrected chi connectivity index (χ4v) is 1.94. The summed E-state index contributed by atoms with van der Waals surface area (Å²) < 4.78 is 5.76. The summed E-state index contributed by atoms with van der Waals surface area (Å²) >= 11 is 0. The van der Waals surface area contributed by atoms with Gasteiger partial charge in [0.15, 0.2) is 0 Å². The van der Waals surface area contributed by atoms with Gasteiger partial charge in [-0.25, -0.2) is 0 Å². The number of rotatable bonds is 6. The van der Waals surface area contributed by atoms with E-state index in [0.29, 0.717) is 17.9 Å². The number of hydrogen-bond acceptors (Lipinski definition) is 2. The summed E-state index contributed by atoms with van der Waals surface area (Å²) in [5.41, 5.74) is 1.51. The number of benzene rings is 2. The zero-order chi connectivity index (χ0) is 16.0. The van der Waals surface area contributed by atoms with E-state index in [1.807, 2.05) is 56.3 Å². The molecule has 1 N–H and O–H groups in total. The number of nitrogens with one attached hydrogen (secondary N) is 1.